The number of rotatable bonds is 8. The molecule has 0 radical (unpaired) electrons. The summed E-state index contributed by atoms with van der Waals surface area (Å²) in [4.78, 5) is 68.6. The SMILES string of the molecule is CC(=O)Nc1ccccc1-c1c2nc(c(-c3ccccc3NC(C)=O)c3ccc([nH]3)c(-c3ccccc3NC(C)=O)c3ccc([nH]3)c(-c3ccccc3NC(C)=O)c3nc1C=C3)C=C2. The molecule has 4 aromatic carbocycles. The van der Waals surface area contributed by atoms with Gasteiger partial charge in [-0.15, -0.1) is 0 Å². The largest absolute Gasteiger partial charge is 0.354 e. The molecule has 0 saturated heterocycles. The number of aromatic amines is 2. The summed E-state index contributed by atoms with van der Waals surface area (Å²) in [5.74, 6) is -0.902. The van der Waals surface area contributed by atoms with Crippen molar-refractivity contribution >= 4 is 92.7 Å². The predicted octanol–water partition coefficient (Wildman–Crippen LogP) is 11.2. The molecule has 4 amide bonds. The summed E-state index contributed by atoms with van der Waals surface area (Å²) in [7, 11) is 0. The lowest BCUT2D eigenvalue weighted by molar-refractivity contribution is -0.115. The van der Waals surface area contributed by atoms with Crippen molar-refractivity contribution in [2.75, 3.05) is 21.3 Å². The zero-order valence-electron chi connectivity index (χ0n) is 35.4. The summed E-state index contributed by atoms with van der Waals surface area (Å²) in [5.41, 5.74) is 13.4. The number of nitrogens with one attached hydrogen (secondary N) is 6. The summed E-state index contributed by atoms with van der Waals surface area (Å²) in [6, 6.07) is 38.3. The van der Waals surface area contributed by atoms with Crippen molar-refractivity contribution in [1.82, 2.24) is 19.9 Å². The average molecular weight is 843 g/mol. The van der Waals surface area contributed by atoms with Crippen molar-refractivity contribution in [2.45, 2.75) is 27.7 Å². The van der Waals surface area contributed by atoms with Gasteiger partial charge in [0.15, 0.2) is 0 Å². The first kappa shape index (κ1) is 40.7. The minimum absolute atomic E-state index is 0.219. The van der Waals surface area contributed by atoms with Gasteiger partial charge in [-0.3, -0.25) is 19.2 Å². The van der Waals surface area contributed by atoms with E-state index < -0.39 is 0 Å². The molecule has 8 bridgehead atoms. The van der Waals surface area contributed by atoms with Gasteiger partial charge in [0, 0.05) is 117 Å². The van der Waals surface area contributed by atoms with Gasteiger partial charge < -0.3 is 31.2 Å². The predicted molar refractivity (Wildman–Crippen MR) is 258 cm³/mol. The molecule has 7 aromatic rings. The molecule has 2 aliphatic heterocycles. The first-order chi connectivity index (χ1) is 31.0. The molecule has 2 aliphatic rings. The molecule has 0 unspecified atom stereocenters. The van der Waals surface area contributed by atoms with E-state index in [9.17, 15) is 19.2 Å². The number of fused-ring (bicyclic) bond motifs is 8. The Labute approximate surface area is 368 Å². The molecule has 0 spiro atoms. The Hall–Kier alpha value is -8.64. The number of para-hydroxylation sites is 4. The number of carbonyl (C=O) groups excluding carboxylic acids is 4. The Kier molecular flexibility index (Phi) is 10.8. The van der Waals surface area contributed by atoms with Gasteiger partial charge >= 0.3 is 0 Å². The molecule has 0 aliphatic carbocycles. The second kappa shape index (κ2) is 17.0. The second-order valence-corrected chi connectivity index (χ2v) is 15.4. The van der Waals surface area contributed by atoms with Crippen LogP contribution in [-0.4, -0.2) is 43.6 Å². The van der Waals surface area contributed by atoms with Crippen molar-refractivity contribution in [3.05, 3.63) is 144 Å². The molecule has 3 aromatic heterocycles. The third-order valence-electron chi connectivity index (χ3n) is 10.8. The number of anilines is 4. The first-order valence-corrected chi connectivity index (χ1v) is 20.7. The van der Waals surface area contributed by atoms with Crippen molar-refractivity contribution in [1.29, 1.82) is 0 Å². The molecule has 5 heterocycles. The van der Waals surface area contributed by atoms with Crippen LogP contribution in [0.2, 0.25) is 0 Å². The number of H-pyrrole nitrogens is 2. The smallest absolute Gasteiger partial charge is 0.221 e. The van der Waals surface area contributed by atoms with Gasteiger partial charge in [0.05, 0.1) is 22.8 Å². The molecule has 9 rings (SSSR count). The van der Waals surface area contributed by atoms with Crippen LogP contribution in [0.3, 0.4) is 0 Å². The maximum Gasteiger partial charge on any atom is 0.221 e. The minimum Gasteiger partial charge on any atom is -0.354 e. The Morgan fingerprint density at radius 2 is 0.594 bits per heavy atom. The number of amides is 4. The highest BCUT2D eigenvalue weighted by Crippen LogP contribution is 2.43. The third kappa shape index (κ3) is 7.98. The highest BCUT2D eigenvalue weighted by atomic mass is 16.2. The summed E-state index contributed by atoms with van der Waals surface area (Å²) in [5, 5.41) is 12.0. The van der Waals surface area contributed by atoms with Crippen LogP contribution < -0.4 is 21.3 Å². The van der Waals surface area contributed by atoms with E-state index in [1.807, 2.05) is 146 Å². The van der Waals surface area contributed by atoms with Gasteiger partial charge in [-0.2, -0.15) is 0 Å². The van der Waals surface area contributed by atoms with Gasteiger partial charge in [0.1, 0.15) is 0 Å². The third-order valence-corrected chi connectivity index (χ3v) is 10.8. The number of nitrogens with zero attached hydrogens (tertiary/aromatic N) is 2. The molecular formula is C52H42N8O4. The topological polar surface area (TPSA) is 174 Å². The lowest BCUT2D eigenvalue weighted by Gasteiger charge is -2.13. The monoisotopic (exact) mass is 842 g/mol. The standard InChI is InChI=1S/C52H42N8O4/c1-29(61)53-37-17-9-5-13-33(37)49-41-21-23-43(57-41)50(34-14-6-10-18-38(34)54-30(2)62)45-25-27-47(59-45)52(36-16-8-12-20-40(36)56-32(4)64)48-28-26-46(60-48)51(44-24-22-42(49)58-44)35-15-7-11-19-39(35)55-31(3)63/h5-28,57-58H,1-4H3,(H,53,61)(H,54,62)(H,55,63)(H,56,64). The Morgan fingerprint density at radius 1 is 0.344 bits per heavy atom. The molecule has 64 heavy (non-hydrogen) atoms. The van der Waals surface area contributed by atoms with Crippen molar-refractivity contribution in [3.8, 4) is 44.5 Å². The molecule has 12 nitrogen and oxygen atoms in total. The highest BCUT2D eigenvalue weighted by Gasteiger charge is 2.23. The molecule has 6 N–H and O–H groups in total. The van der Waals surface area contributed by atoms with Gasteiger partial charge in [0.2, 0.25) is 23.6 Å². The first-order valence-electron chi connectivity index (χ1n) is 20.7. The summed E-state index contributed by atoms with van der Waals surface area (Å²) >= 11 is 0. The van der Waals surface area contributed by atoms with E-state index in [2.05, 4.69) is 31.2 Å². The quantitative estimate of drug-likeness (QED) is 0.0888. The van der Waals surface area contributed by atoms with Crippen molar-refractivity contribution in [3.63, 3.8) is 0 Å². The van der Waals surface area contributed by atoms with Crippen molar-refractivity contribution < 1.29 is 19.2 Å². The molecule has 0 fully saturated rings. The number of hydrogen-bond acceptors (Lipinski definition) is 6. The maximum atomic E-state index is 12.6. The van der Waals surface area contributed by atoms with Crippen LogP contribution >= 0.6 is 0 Å². The minimum atomic E-state index is -0.232. The number of carbonyl (C=O) groups is 4. The number of hydrogen-bond donors (Lipinski definition) is 6. The Morgan fingerprint density at radius 3 is 0.906 bits per heavy atom. The van der Waals surface area contributed by atoms with E-state index in [-0.39, 0.29) is 23.6 Å². The second-order valence-electron chi connectivity index (χ2n) is 15.4. The van der Waals surface area contributed by atoms with Crippen LogP contribution in [0.15, 0.2) is 121 Å². The lowest BCUT2D eigenvalue weighted by atomic mass is 10.00. The van der Waals surface area contributed by atoms with Gasteiger partial charge in [-0.05, 0) is 72.8 Å². The summed E-state index contributed by atoms with van der Waals surface area (Å²) in [6.07, 6.45) is 7.74. The maximum absolute atomic E-state index is 12.6. The Bertz CT molecular complexity index is 3160. The van der Waals surface area contributed by atoms with E-state index >= 15 is 0 Å². The fraction of sp³-hybridized carbons (Fsp3) is 0.0769. The van der Waals surface area contributed by atoms with Gasteiger partial charge in [-0.1, -0.05) is 72.8 Å². The van der Waals surface area contributed by atoms with Crippen LogP contribution in [0.4, 0.5) is 22.7 Å². The molecule has 0 atom stereocenters. The zero-order chi connectivity index (χ0) is 44.5. The van der Waals surface area contributed by atoms with E-state index in [0.29, 0.717) is 78.8 Å². The fourth-order valence-electron chi connectivity index (χ4n) is 8.34. The molecule has 0 saturated carbocycles. The van der Waals surface area contributed by atoms with Crippen LogP contribution in [0.25, 0.3) is 90.9 Å². The van der Waals surface area contributed by atoms with E-state index in [0.717, 1.165) is 33.3 Å². The normalized spacial score (nSPS) is 11.6. The van der Waals surface area contributed by atoms with Crippen LogP contribution in [0, 0.1) is 0 Å². The van der Waals surface area contributed by atoms with Crippen molar-refractivity contribution in [2.24, 2.45) is 0 Å². The number of benzene rings is 4. The van der Waals surface area contributed by atoms with Crippen LogP contribution in [0.5, 0.6) is 0 Å². The lowest BCUT2D eigenvalue weighted by Crippen LogP contribution is -2.07. The molecular weight excluding hydrogens is 801 g/mol. The molecule has 12 heteroatoms. The summed E-state index contributed by atoms with van der Waals surface area (Å²) < 4.78 is 0. The zero-order valence-corrected chi connectivity index (χ0v) is 35.4. The molecule has 314 valence electrons. The number of aromatic nitrogens is 4. The fourth-order valence-corrected chi connectivity index (χ4v) is 8.34. The van der Waals surface area contributed by atoms with Gasteiger partial charge in [-0.25, -0.2) is 9.97 Å². The summed E-state index contributed by atoms with van der Waals surface area (Å²) in [6.45, 7) is 5.89. The van der Waals surface area contributed by atoms with Gasteiger partial charge in [0.25, 0.3) is 0 Å². The average Bonchev–Trinajstić information content (AvgIpc) is 4.11. The van der Waals surface area contributed by atoms with E-state index in [4.69, 9.17) is 9.97 Å². The van der Waals surface area contributed by atoms with E-state index in [1.165, 1.54) is 27.7 Å². The van der Waals surface area contributed by atoms with Crippen LogP contribution in [-0.2, 0) is 19.2 Å². The Balaban J connectivity index is 1.50. The highest BCUT2D eigenvalue weighted by molar-refractivity contribution is 6.07. The van der Waals surface area contributed by atoms with Crippen LogP contribution in [0.1, 0.15) is 50.5 Å². The van der Waals surface area contributed by atoms with E-state index in [1.54, 1.807) is 0 Å².